The second-order valence-corrected chi connectivity index (χ2v) is 12.7. The zero-order valence-electron chi connectivity index (χ0n) is 21.4. The van der Waals surface area contributed by atoms with Gasteiger partial charge in [0.1, 0.15) is 0 Å². The van der Waals surface area contributed by atoms with Gasteiger partial charge in [-0.05, 0) is 67.5 Å². The van der Waals surface area contributed by atoms with Crippen molar-refractivity contribution >= 4 is 22.0 Å². The van der Waals surface area contributed by atoms with E-state index in [4.69, 9.17) is 4.42 Å². The van der Waals surface area contributed by atoms with Crippen molar-refractivity contribution in [1.82, 2.24) is 9.21 Å². The van der Waals surface area contributed by atoms with E-state index in [1.165, 1.54) is 0 Å². The van der Waals surface area contributed by atoms with Crippen LogP contribution in [0.3, 0.4) is 0 Å². The van der Waals surface area contributed by atoms with Crippen molar-refractivity contribution in [2.45, 2.75) is 60.1 Å². The quantitative estimate of drug-likeness (QED) is 0.502. The van der Waals surface area contributed by atoms with Gasteiger partial charge in [-0.1, -0.05) is 42.5 Å². The Morgan fingerprint density at radius 3 is 2.63 bits per heavy atom. The molecule has 2 aliphatic carbocycles. The minimum atomic E-state index is -3.79. The van der Waals surface area contributed by atoms with Crippen LogP contribution in [0.4, 0.5) is 0 Å². The van der Waals surface area contributed by atoms with Crippen LogP contribution in [0, 0.1) is 0 Å². The number of furan rings is 1. The average Bonchev–Trinajstić information content (AvgIpc) is 3.45. The van der Waals surface area contributed by atoms with Crippen LogP contribution in [-0.4, -0.2) is 59.9 Å². The lowest BCUT2D eigenvalue weighted by molar-refractivity contribution is -0.162. The number of carbonyl (C=O) groups is 1. The summed E-state index contributed by atoms with van der Waals surface area (Å²) in [6.07, 6.45) is 8.99. The minimum Gasteiger partial charge on any atom is -0.472 e. The molecule has 2 aromatic carbocycles. The Kier molecular flexibility index (Phi) is 6.09. The largest absolute Gasteiger partial charge is 0.472 e. The molecule has 2 heterocycles. The molecule has 1 aliphatic heterocycles. The molecular weight excluding hydrogens is 500 g/mol. The second-order valence-electron chi connectivity index (χ2n) is 10.8. The van der Waals surface area contributed by atoms with Crippen LogP contribution in [0.15, 0.2) is 88.6 Å². The molecule has 2 bridgehead atoms. The van der Waals surface area contributed by atoms with Crippen LogP contribution in [0.25, 0.3) is 6.08 Å². The number of hydrogen-bond donors (Lipinski definition) is 1. The van der Waals surface area contributed by atoms with E-state index in [1.54, 1.807) is 70.3 Å². The van der Waals surface area contributed by atoms with E-state index in [2.05, 4.69) is 12.1 Å². The summed E-state index contributed by atoms with van der Waals surface area (Å²) in [5.74, 6) is -0.109. The van der Waals surface area contributed by atoms with Gasteiger partial charge in [-0.2, -0.15) is 4.31 Å². The molecule has 2 fully saturated rings. The highest BCUT2D eigenvalue weighted by Crippen LogP contribution is 2.59. The van der Waals surface area contributed by atoms with Gasteiger partial charge in [0.25, 0.3) is 0 Å². The maximum Gasteiger partial charge on any atom is 0.246 e. The zero-order valence-corrected chi connectivity index (χ0v) is 22.2. The topological polar surface area (TPSA) is 91.1 Å². The van der Waals surface area contributed by atoms with Gasteiger partial charge in [0, 0.05) is 36.7 Å². The van der Waals surface area contributed by atoms with Crippen LogP contribution in [0.2, 0.25) is 0 Å². The number of sulfonamides is 1. The summed E-state index contributed by atoms with van der Waals surface area (Å²) in [5, 5.41) is 12.5. The summed E-state index contributed by atoms with van der Waals surface area (Å²) in [5.41, 5.74) is 1.12. The van der Waals surface area contributed by atoms with E-state index < -0.39 is 27.1 Å². The second kappa shape index (κ2) is 9.22. The Hall–Kier alpha value is -3.20. The van der Waals surface area contributed by atoms with Crippen LogP contribution >= 0.6 is 0 Å². The van der Waals surface area contributed by atoms with Gasteiger partial charge in [0.2, 0.25) is 15.9 Å². The molecule has 1 aromatic heterocycles. The zero-order chi connectivity index (χ0) is 26.5. The van der Waals surface area contributed by atoms with E-state index in [-0.39, 0.29) is 16.8 Å². The van der Waals surface area contributed by atoms with Crippen molar-refractivity contribution in [3.05, 3.63) is 96.0 Å². The lowest BCUT2D eigenvalue weighted by Gasteiger charge is -2.64. The lowest BCUT2D eigenvalue weighted by atomic mass is 9.49. The van der Waals surface area contributed by atoms with E-state index >= 15 is 0 Å². The van der Waals surface area contributed by atoms with Crippen LogP contribution in [0.1, 0.15) is 42.4 Å². The van der Waals surface area contributed by atoms with Crippen LogP contribution < -0.4 is 0 Å². The van der Waals surface area contributed by atoms with Crippen molar-refractivity contribution in [2.75, 3.05) is 13.6 Å². The first kappa shape index (κ1) is 25.1. The predicted octanol–water partition coefficient (Wildman–Crippen LogP) is 3.99. The van der Waals surface area contributed by atoms with E-state index in [1.807, 2.05) is 19.2 Å². The summed E-state index contributed by atoms with van der Waals surface area (Å²) in [7, 11) is -1.97. The molecule has 0 spiro atoms. The fourth-order valence-corrected chi connectivity index (χ4v) is 8.80. The Morgan fingerprint density at radius 1 is 1.11 bits per heavy atom. The smallest absolute Gasteiger partial charge is 0.246 e. The number of likely N-dealkylation sites (N-methyl/N-ethyl adjacent to an activating group) is 1. The molecule has 8 heteroatoms. The van der Waals surface area contributed by atoms with Crippen LogP contribution in [0.5, 0.6) is 0 Å². The van der Waals surface area contributed by atoms with Gasteiger partial charge in [-0.25, -0.2) is 8.42 Å². The third-order valence-corrected chi connectivity index (χ3v) is 11.0. The summed E-state index contributed by atoms with van der Waals surface area (Å²) in [6, 6.07) is 17.7. The van der Waals surface area contributed by atoms with Gasteiger partial charge in [0.15, 0.2) is 0 Å². The average molecular weight is 533 g/mol. The highest BCUT2D eigenvalue weighted by atomic mass is 32.2. The summed E-state index contributed by atoms with van der Waals surface area (Å²) in [4.78, 5) is 15.1. The molecule has 0 radical (unpaired) electrons. The molecule has 7 nitrogen and oxygen atoms in total. The van der Waals surface area contributed by atoms with Crippen molar-refractivity contribution in [1.29, 1.82) is 0 Å². The predicted molar refractivity (Wildman–Crippen MR) is 144 cm³/mol. The Balaban J connectivity index is 1.36. The lowest BCUT2D eigenvalue weighted by Crippen LogP contribution is -2.74. The molecule has 1 N–H and O–H groups in total. The number of nitrogens with zero attached hydrogens (tertiary/aromatic N) is 2. The molecule has 0 unspecified atom stereocenters. The Morgan fingerprint density at radius 2 is 1.87 bits per heavy atom. The third-order valence-electron chi connectivity index (χ3n) is 9.08. The molecule has 1 saturated carbocycles. The fraction of sp³-hybridized carbons (Fsp3) is 0.367. The molecular formula is C30H32N2O5S. The fourth-order valence-electron chi connectivity index (χ4n) is 7.11. The molecule has 38 heavy (non-hydrogen) atoms. The maximum absolute atomic E-state index is 13.8. The summed E-state index contributed by atoms with van der Waals surface area (Å²) >= 11 is 0. The molecule has 3 aromatic rings. The van der Waals surface area contributed by atoms with E-state index in [0.29, 0.717) is 38.6 Å². The van der Waals surface area contributed by atoms with Gasteiger partial charge < -0.3 is 14.4 Å². The molecule has 4 atom stereocenters. The summed E-state index contributed by atoms with van der Waals surface area (Å²) in [6.45, 7) is 0.323. The standard InChI is InChI=1S/C30H32N2O5S/c1-31(28(33)12-11-22-14-18-37-21-22)24-13-15-30(34)27-19-23-7-5-6-10-26(23)29(30,20-24)16-17-32(27)38(35,36)25-8-3-2-4-9-25/h2-12,14,18,21,24,27,34H,13,15-17,19-20H2,1H3/b12-11+/t24-,27+,29+,30+/m0/s1. The molecule has 198 valence electrons. The van der Waals surface area contributed by atoms with Crippen molar-refractivity contribution < 1.29 is 22.7 Å². The van der Waals surface area contributed by atoms with Crippen molar-refractivity contribution in [3.63, 3.8) is 0 Å². The normalized spacial score (nSPS) is 29.0. The van der Waals surface area contributed by atoms with Crippen molar-refractivity contribution in [2.24, 2.45) is 0 Å². The van der Waals surface area contributed by atoms with Gasteiger partial charge in [-0.15, -0.1) is 0 Å². The highest BCUT2D eigenvalue weighted by molar-refractivity contribution is 7.89. The first-order chi connectivity index (χ1) is 18.3. The van der Waals surface area contributed by atoms with Crippen molar-refractivity contribution in [3.8, 4) is 0 Å². The Bertz CT molecular complexity index is 1470. The van der Waals surface area contributed by atoms with E-state index in [0.717, 1.165) is 16.7 Å². The maximum atomic E-state index is 13.8. The number of benzene rings is 2. The first-order valence-corrected chi connectivity index (χ1v) is 14.5. The number of hydrogen-bond acceptors (Lipinski definition) is 5. The number of piperidine rings is 1. The SMILES string of the molecule is CN(C(=O)/C=C/c1ccoc1)[C@H]1CC[C@@]2(O)[C@H]3Cc4ccccc4[C@@]2(CCN3S(=O)(=O)c2ccccc2)C1. The molecule has 1 amide bonds. The number of fused-ring (bicyclic) bond motifs is 1. The first-order valence-electron chi connectivity index (χ1n) is 13.1. The molecule has 3 aliphatic rings. The van der Waals surface area contributed by atoms with Gasteiger partial charge in [0.05, 0.1) is 29.1 Å². The van der Waals surface area contributed by atoms with E-state index in [9.17, 15) is 18.3 Å². The number of rotatable bonds is 5. The molecule has 6 rings (SSSR count). The number of carbonyl (C=O) groups excluding carboxylic acids is 1. The highest BCUT2D eigenvalue weighted by Gasteiger charge is 2.66. The summed E-state index contributed by atoms with van der Waals surface area (Å²) < 4.78 is 34.2. The third kappa shape index (κ3) is 3.77. The van der Waals surface area contributed by atoms with Gasteiger partial charge in [-0.3, -0.25) is 4.79 Å². The number of aliphatic hydroxyl groups is 1. The minimum absolute atomic E-state index is 0.0825. The Labute approximate surface area is 223 Å². The van der Waals surface area contributed by atoms with Crippen LogP contribution in [-0.2, 0) is 26.7 Å². The molecule has 1 saturated heterocycles. The van der Waals surface area contributed by atoms with Gasteiger partial charge >= 0.3 is 0 Å². The number of amides is 1. The monoisotopic (exact) mass is 532 g/mol.